The number of anilines is 2. The second-order valence-corrected chi connectivity index (χ2v) is 5.55. The molecule has 0 aliphatic heterocycles. The zero-order valence-corrected chi connectivity index (χ0v) is 13.6. The van der Waals surface area contributed by atoms with Gasteiger partial charge >= 0.3 is 0 Å². The van der Waals surface area contributed by atoms with Crippen LogP contribution in [0.2, 0.25) is 5.02 Å². The van der Waals surface area contributed by atoms with Gasteiger partial charge in [0.1, 0.15) is 11.6 Å². The molecule has 2 rings (SSSR count). The van der Waals surface area contributed by atoms with Crippen LogP contribution in [0.1, 0.15) is 5.56 Å². The number of benzene rings is 2. The number of carbonyl (C=O) groups excluding carboxylic acids is 1. The van der Waals surface area contributed by atoms with E-state index in [0.717, 1.165) is 11.3 Å². The van der Waals surface area contributed by atoms with Crippen molar-refractivity contribution in [1.82, 2.24) is 0 Å². The Balaban J connectivity index is 2.16. The summed E-state index contributed by atoms with van der Waals surface area (Å²) in [5.41, 5.74) is 2.46. The first-order valence-corrected chi connectivity index (χ1v) is 7.33. The smallest absolute Gasteiger partial charge is 0.266 e. The zero-order chi connectivity index (χ0) is 16.8. The summed E-state index contributed by atoms with van der Waals surface area (Å²) >= 11 is 5.80. The topological polar surface area (TPSA) is 56.1 Å². The molecule has 2 aromatic rings. The molecule has 1 amide bonds. The average Bonchev–Trinajstić information content (AvgIpc) is 2.55. The predicted molar refractivity (Wildman–Crippen MR) is 94.4 cm³/mol. The summed E-state index contributed by atoms with van der Waals surface area (Å²) in [5.74, 6) is -0.452. The van der Waals surface area contributed by atoms with Crippen LogP contribution in [0.25, 0.3) is 6.08 Å². The number of halogens is 1. The van der Waals surface area contributed by atoms with Crippen LogP contribution in [-0.2, 0) is 4.79 Å². The van der Waals surface area contributed by atoms with Gasteiger partial charge in [0.15, 0.2) is 0 Å². The van der Waals surface area contributed by atoms with Gasteiger partial charge in [-0.05, 0) is 48.0 Å². The van der Waals surface area contributed by atoms with Gasteiger partial charge in [-0.25, -0.2) is 0 Å². The summed E-state index contributed by atoms with van der Waals surface area (Å²) in [6, 6.07) is 16.2. The minimum atomic E-state index is -0.452. The average molecular weight is 326 g/mol. The van der Waals surface area contributed by atoms with Gasteiger partial charge in [-0.15, -0.1) is 0 Å². The Labute approximate surface area is 140 Å². The fraction of sp³-hybridized carbons (Fsp3) is 0.111. The van der Waals surface area contributed by atoms with E-state index >= 15 is 0 Å². The standard InChI is InChI=1S/C18H16ClN3O/c1-22(2)17-9-3-13(4-10-17)11-14(12-20)18(23)21-16-7-5-15(19)6-8-16/h3-11H,1-2H3,(H,21,23). The fourth-order valence-electron chi connectivity index (χ4n) is 1.92. The molecule has 0 unspecified atom stereocenters. The Kier molecular flexibility index (Phi) is 5.40. The molecule has 0 spiro atoms. The van der Waals surface area contributed by atoms with Gasteiger partial charge in [0.25, 0.3) is 5.91 Å². The second kappa shape index (κ2) is 7.48. The molecule has 4 nitrogen and oxygen atoms in total. The van der Waals surface area contributed by atoms with Gasteiger partial charge in [-0.3, -0.25) is 4.79 Å². The van der Waals surface area contributed by atoms with E-state index in [9.17, 15) is 10.1 Å². The van der Waals surface area contributed by atoms with Crippen LogP contribution in [0.3, 0.4) is 0 Å². The highest BCUT2D eigenvalue weighted by atomic mass is 35.5. The maximum atomic E-state index is 12.2. The number of rotatable bonds is 4. The fourth-order valence-corrected chi connectivity index (χ4v) is 2.04. The molecular formula is C18H16ClN3O. The molecule has 0 bridgehead atoms. The summed E-state index contributed by atoms with van der Waals surface area (Å²) in [7, 11) is 3.90. The maximum Gasteiger partial charge on any atom is 0.266 e. The second-order valence-electron chi connectivity index (χ2n) is 5.12. The minimum Gasteiger partial charge on any atom is -0.378 e. The number of nitriles is 1. The van der Waals surface area contributed by atoms with Crippen molar-refractivity contribution < 1.29 is 4.79 Å². The van der Waals surface area contributed by atoms with Crippen LogP contribution >= 0.6 is 11.6 Å². The maximum absolute atomic E-state index is 12.2. The van der Waals surface area contributed by atoms with E-state index in [-0.39, 0.29) is 5.57 Å². The van der Waals surface area contributed by atoms with E-state index < -0.39 is 5.91 Å². The molecule has 0 aliphatic rings. The van der Waals surface area contributed by atoms with Gasteiger partial charge in [0, 0.05) is 30.5 Å². The van der Waals surface area contributed by atoms with Gasteiger partial charge in [0.2, 0.25) is 0 Å². The quantitative estimate of drug-likeness (QED) is 0.684. The van der Waals surface area contributed by atoms with Crippen LogP contribution in [0.15, 0.2) is 54.1 Å². The Morgan fingerprint density at radius 3 is 2.26 bits per heavy atom. The molecule has 0 aromatic heterocycles. The van der Waals surface area contributed by atoms with E-state index in [4.69, 9.17) is 11.6 Å². The molecule has 0 fully saturated rings. The summed E-state index contributed by atoms with van der Waals surface area (Å²) < 4.78 is 0. The van der Waals surface area contributed by atoms with Crippen LogP contribution < -0.4 is 10.2 Å². The highest BCUT2D eigenvalue weighted by molar-refractivity contribution is 6.30. The number of nitrogens with one attached hydrogen (secondary N) is 1. The zero-order valence-electron chi connectivity index (χ0n) is 12.9. The Morgan fingerprint density at radius 1 is 1.13 bits per heavy atom. The molecule has 0 radical (unpaired) electrons. The first-order valence-electron chi connectivity index (χ1n) is 6.95. The molecule has 0 saturated carbocycles. The molecule has 116 valence electrons. The lowest BCUT2D eigenvalue weighted by Gasteiger charge is -2.11. The highest BCUT2D eigenvalue weighted by Gasteiger charge is 2.09. The molecule has 0 heterocycles. The molecule has 0 saturated heterocycles. The van der Waals surface area contributed by atoms with Gasteiger partial charge in [-0.1, -0.05) is 23.7 Å². The molecule has 0 atom stereocenters. The monoisotopic (exact) mass is 325 g/mol. The lowest BCUT2D eigenvalue weighted by atomic mass is 10.1. The highest BCUT2D eigenvalue weighted by Crippen LogP contribution is 2.17. The van der Waals surface area contributed by atoms with E-state index in [1.54, 1.807) is 30.3 Å². The van der Waals surface area contributed by atoms with Crippen molar-refractivity contribution in [2.45, 2.75) is 0 Å². The summed E-state index contributed by atoms with van der Waals surface area (Å²) in [6.07, 6.45) is 1.56. The Bertz CT molecular complexity index is 756. The molecule has 5 heteroatoms. The lowest BCUT2D eigenvalue weighted by Crippen LogP contribution is -2.13. The van der Waals surface area contributed by atoms with Crippen LogP contribution in [0.5, 0.6) is 0 Å². The Hall–Kier alpha value is -2.77. The van der Waals surface area contributed by atoms with Crippen molar-refractivity contribution in [3.63, 3.8) is 0 Å². The van der Waals surface area contributed by atoms with Crippen LogP contribution in [-0.4, -0.2) is 20.0 Å². The van der Waals surface area contributed by atoms with Crippen molar-refractivity contribution in [2.24, 2.45) is 0 Å². The SMILES string of the molecule is CN(C)c1ccc(C=C(C#N)C(=O)Nc2ccc(Cl)cc2)cc1. The summed E-state index contributed by atoms with van der Waals surface area (Å²) in [6.45, 7) is 0. The molecule has 23 heavy (non-hydrogen) atoms. The third-order valence-corrected chi connectivity index (χ3v) is 3.44. The molecule has 1 N–H and O–H groups in total. The van der Waals surface area contributed by atoms with Crippen LogP contribution in [0, 0.1) is 11.3 Å². The van der Waals surface area contributed by atoms with E-state index in [0.29, 0.717) is 10.7 Å². The molecular weight excluding hydrogens is 310 g/mol. The third-order valence-electron chi connectivity index (χ3n) is 3.19. The number of carbonyl (C=O) groups is 1. The van der Waals surface area contributed by atoms with Gasteiger partial charge < -0.3 is 10.2 Å². The van der Waals surface area contributed by atoms with Crippen molar-refractivity contribution in [3.05, 3.63) is 64.7 Å². The van der Waals surface area contributed by atoms with Crippen molar-refractivity contribution in [1.29, 1.82) is 5.26 Å². The van der Waals surface area contributed by atoms with Gasteiger partial charge in [0.05, 0.1) is 0 Å². The number of hydrogen-bond donors (Lipinski definition) is 1. The van der Waals surface area contributed by atoms with Gasteiger partial charge in [-0.2, -0.15) is 5.26 Å². The summed E-state index contributed by atoms with van der Waals surface area (Å²) in [5, 5.41) is 12.5. The third kappa shape index (κ3) is 4.60. The number of amides is 1. The summed E-state index contributed by atoms with van der Waals surface area (Å²) in [4.78, 5) is 14.1. The predicted octanol–water partition coefficient (Wildman–Crippen LogP) is 3.95. The minimum absolute atomic E-state index is 0.0394. The number of hydrogen-bond acceptors (Lipinski definition) is 3. The Morgan fingerprint density at radius 2 is 1.74 bits per heavy atom. The van der Waals surface area contributed by atoms with E-state index in [1.807, 2.05) is 49.3 Å². The van der Waals surface area contributed by atoms with Crippen LogP contribution in [0.4, 0.5) is 11.4 Å². The number of nitrogens with zero attached hydrogens (tertiary/aromatic N) is 2. The first-order chi connectivity index (χ1) is 11.0. The van der Waals surface area contributed by atoms with Crippen molar-refractivity contribution in [2.75, 3.05) is 24.3 Å². The molecule has 2 aromatic carbocycles. The molecule has 0 aliphatic carbocycles. The van der Waals surface area contributed by atoms with Crippen molar-refractivity contribution in [3.8, 4) is 6.07 Å². The van der Waals surface area contributed by atoms with E-state index in [2.05, 4.69) is 5.32 Å². The normalized spacial score (nSPS) is 10.8. The van der Waals surface area contributed by atoms with E-state index in [1.165, 1.54) is 0 Å². The first kappa shape index (κ1) is 16.6. The lowest BCUT2D eigenvalue weighted by molar-refractivity contribution is -0.112. The largest absolute Gasteiger partial charge is 0.378 e. The van der Waals surface area contributed by atoms with Crippen molar-refractivity contribution >= 4 is 35.0 Å².